The molecule has 2 saturated carbocycles. The SMILES string of the molecule is CCOC(=O)c1cc(-c2ccccc2)oc1N(C(=O)[C@H]1CC[C@H](C)CC1)[C@H]1CC[C@@H](O)CC1. The van der Waals surface area contributed by atoms with Crippen molar-refractivity contribution in [2.24, 2.45) is 11.8 Å². The summed E-state index contributed by atoms with van der Waals surface area (Å²) in [6.45, 7) is 4.25. The first kappa shape index (κ1) is 23.6. The summed E-state index contributed by atoms with van der Waals surface area (Å²) in [7, 11) is 0. The molecule has 6 heteroatoms. The van der Waals surface area contributed by atoms with E-state index in [0.29, 0.717) is 42.9 Å². The standard InChI is InChI=1S/C27H35NO5/c1-3-32-27(31)23-17-24(19-7-5-4-6-8-19)33-26(23)28(21-13-15-22(29)16-14-21)25(30)20-11-9-18(2)10-12-20/h4-8,17-18,20-22,29H,3,9-16H2,1-2H3/t18-,20-,21-,22+. The van der Waals surface area contributed by atoms with E-state index >= 15 is 0 Å². The van der Waals surface area contributed by atoms with Crippen molar-refractivity contribution in [2.75, 3.05) is 11.5 Å². The first-order valence-electron chi connectivity index (χ1n) is 12.4. The molecule has 2 aliphatic carbocycles. The molecule has 1 aromatic heterocycles. The van der Waals surface area contributed by atoms with Crippen LogP contribution in [0.15, 0.2) is 40.8 Å². The number of benzene rings is 1. The lowest BCUT2D eigenvalue weighted by Crippen LogP contribution is -2.47. The molecule has 1 aromatic carbocycles. The molecular weight excluding hydrogens is 418 g/mol. The molecule has 1 amide bonds. The van der Waals surface area contributed by atoms with E-state index in [4.69, 9.17) is 9.15 Å². The number of rotatable bonds is 6. The van der Waals surface area contributed by atoms with Crippen molar-refractivity contribution >= 4 is 17.8 Å². The van der Waals surface area contributed by atoms with Crippen LogP contribution in [0.2, 0.25) is 0 Å². The number of anilines is 1. The van der Waals surface area contributed by atoms with E-state index in [1.54, 1.807) is 17.9 Å². The van der Waals surface area contributed by atoms with E-state index in [0.717, 1.165) is 31.2 Å². The van der Waals surface area contributed by atoms with Gasteiger partial charge in [-0.15, -0.1) is 0 Å². The molecule has 4 rings (SSSR count). The zero-order valence-corrected chi connectivity index (χ0v) is 19.7. The Morgan fingerprint density at radius 3 is 2.33 bits per heavy atom. The highest BCUT2D eigenvalue weighted by atomic mass is 16.5. The normalized spacial score (nSPS) is 25.4. The Balaban J connectivity index is 1.75. The summed E-state index contributed by atoms with van der Waals surface area (Å²) < 4.78 is 11.6. The number of aliphatic hydroxyl groups is 1. The van der Waals surface area contributed by atoms with Crippen molar-refractivity contribution < 1.29 is 23.8 Å². The number of esters is 1. The van der Waals surface area contributed by atoms with Gasteiger partial charge >= 0.3 is 5.97 Å². The second kappa shape index (κ2) is 10.6. The third-order valence-electron chi connectivity index (χ3n) is 7.12. The average molecular weight is 454 g/mol. The van der Waals surface area contributed by atoms with E-state index in [1.807, 2.05) is 30.3 Å². The summed E-state index contributed by atoms with van der Waals surface area (Å²) in [6.07, 6.45) is 6.07. The van der Waals surface area contributed by atoms with E-state index in [2.05, 4.69) is 6.92 Å². The van der Waals surface area contributed by atoms with Gasteiger partial charge in [0.15, 0.2) is 0 Å². The van der Waals surface area contributed by atoms with E-state index in [-0.39, 0.29) is 36.5 Å². The van der Waals surface area contributed by atoms with Crippen LogP contribution in [0.4, 0.5) is 5.88 Å². The monoisotopic (exact) mass is 453 g/mol. The van der Waals surface area contributed by atoms with E-state index in [1.165, 1.54) is 0 Å². The maximum Gasteiger partial charge on any atom is 0.343 e. The highest BCUT2D eigenvalue weighted by Crippen LogP contribution is 2.39. The molecule has 6 nitrogen and oxygen atoms in total. The highest BCUT2D eigenvalue weighted by molar-refractivity contribution is 6.03. The number of ether oxygens (including phenoxy) is 1. The summed E-state index contributed by atoms with van der Waals surface area (Å²) in [6, 6.07) is 11.2. The first-order chi connectivity index (χ1) is 16.0. The van der Waals surface area contributed by atoms with Gasteiger partial charge in [0.25, 0.3) is 0 Å². The minimum Gasteiger partial charge on any atom is -0.462 e. The number of aliphatic hydroxyl groups excluding tert-OH is 1. The maximum absolute atomic E-state index is 13.9. The third kappa shape index (κ3) is 5.32. The number of hydrogen-bond acceptors (Lipinski definition) is 5. The maximum atomic E-state index is 13.9. The van der Waals surface area contributed by atoms with E-state index in [9.17, 15) is 14.7 Å². The van der Waals surface area contributed by atoms with Crippen LogP contribution >= 0.6 is 0 Å². The molecule has 1 heterocycles. The Bertz CT molecular complexity index is 937. The fourth-order valence-electron chi connectivity index (χ4n) is 5.13. The van der Waals surface area contributed by atoms with Gasteiger partial charge in [-0.05, 0) is 64.2 Å². The first-order valence-corrected chi connectivity index (χ1v) is 12.4. The van der Waals surface area contributed by atoms with Crippen LogP contribution in [0.25, 0.3) is 11.3 Å². The summed E-state index contributed by atoms with van der Waals surface area (Å²) in [5, 5.41) is 10.1. The largest absolute Gasteiger partial charge is 0.462 e. The molecule has 0 spiro atoms. The van der Waals surface area contributed by atoms with E-state index < -0.39 is 5.97 Å². The molecule has 1 N–H and O–H groups in total. The molecule has 0 saturated heterocycles. The molecule has 2 fully saturated rings. The van der Waals surface area contributed by atoms with Gasteiger partial charge in [-0.25, -0.2) is 4.79 Å². The van der Waals surface area contributed by atoms with Crippen molar-refractivity contribution in [3.8, 4) is 11.3 Å². The molecule has 2 aliphatic rings. The number of nitrogens with zero attached hydrogens (tertiary/aromatic N) is 1. The number of amides is 1. The summed E-state index contributed by atoms with van der Waals surface area (Å²) in [5.74, 6) is 0.938. The number of furan rings is 1. The molecule has 178 valence electrons. The van der Waals surface area contributed by atoms with Crippen LogP contribution in [0.3, 0.4) is 0 Å². The van der Waals surface area contributed by atoms with Crippen molar-refractivity contribution in [1.82, 2.24) is 0 Å². The molecular formula is C27H35NO5. The third-order valence-corrected chi connectivity index (χ3v) is 7.12. The summed E-state index contributed by atoms with van der Waals surface area (Å²) >= 11 is 0. The number of hydrogen-bond donors (Lipinski definition) is 1. The highest BCUT2D eigenvalue weighted by Gasteiger charge is 2.38. The van der Waals surface area contributed by atoms with Gasteiger partial charge in [-0.2, -0.15) is 0 Å². The van der Waals surface area contributed by atoms with Crippen LogP contribution in [0, 0.1) is 11.8 Å². The average Bonchev–Trinajstić information content (AvgIpc) is 3.27. The molecule has 0 atom stereocenters. The Morgan fingerprint density at radius 2 is 1.70 bits per heavy atom. The molecule has 0 bridgehead atoms. The topological polar surface area (TPSA) is 80.0 Å². The summed E-state index contributed by atoms with van der Waals surface area (Å²) in [4.78, 5) is 28.6. The fraction of sp³-hybridized carbons (Fsp3) is 0.556. The van der Waals surface area contributed by atoms with Crippen LogP contribution in [0.1, 0.15) is 75.6 Å². The zero-order chi connectivity index (χ0) is 23.4. The van der Waals surface area contributed by atoms with Crippen molar-refractivity contribution in [3.63, 3.8) is 0 Å². The lowest BCUT2D eigenvalue weighted by atomic mass is 9.81. The number of carbonyl (C=O) groups is 2. The predicted octanol–water partition coefficient (Wildman–Crippen LogP) is 5.59. The van der Waals surface area contributed by atoms with Gasteiger partial charge in [-0.1, -0.05) is 37.3 Å². The Morgan fingerprint density at radius 1 is 1.03 bits per heavy atom. The Hall–Kier alpha value is -2.60. The van der Waals surface area contributed by atoms with Crippen molar-refractivity contribution in [1.29, 1.82) is 0 Å². The van der Waals surface area contributed by atoms with Crippen LogP contribution in [0.5, 0.6) is 0 Å². The second-order valence-corrected chi connectivity index (χ2v) is 9.54. The van der Waals surface area contributed by atoms with Gasteiger partial charge < -0.3 is 14.3 Å². The van der Waals surface area contributed by atoms with Crippen molar-refractivity contribution in [2.45, 2.75) is 77.4 Å². The summed E-state index contributed by atoms with van der Waals surface area (Å²) in [5.41, 5.74) is 1.13. The lowest BCUT2D eigenvalue weighted by molar-refractivity contribution is -0.124. The van der Waals surface area contributed by atoms with Crippen LogP contribution in [-0.4, -0.2) is 35.7 Å². The minimum atomic E-state index is -0.482. The predicted molar refractivity (Wildman–Crippen MR) is 127 cm³/mol. The van der Waals surface area contributed by atoms with Gasteiger partial charge in [0.1, 0.15) is 11.3 Å². The van der Waals surface area contributed by atoms with Gasteiger partial charge in [-0.3, -0.25) is 9.69 Å². The number of carbonyl (C=O) groups excluding carboxylic acids is 2. The quantitative estimate of drug-likeness (QED) is 0.577. The second-order valence-electron chi connectivity index (χ2n) is 9.54. The van der Waals surface area contributed by atoms with Crippen LogP contribution in [-0.2, 0) is 9.53 Å². The molecule has 2 aromatic rings. The van der Waals surface area contributed by atoms with Crippen molar-refractivity contribution in [3.05, 3.63) is 42.0 Å². The Kier molecular flexibility index (Phi) is 7.53. The lowest BCUT2D eigenvalue weighted by Gasteiger charge is -2.37. The molecule has 0 radical (unpaired) electrons. The van der Waals surface area contributed by atoms with Gasteiger partial charge in [0.05, 0.1) is 12.7 Å². The molecule has 33 heavy (non-hydrogen) atoms. The van der Waals surface area contributed by atoms with Crippen LogP contribution < -0.4 is 4.90 Å². The Labute approximate surface area is 195 Å². The van der Waals surface area contributed by atoms with Gasteiger partial charge in [0, 0.05) is 23.6 Å². The van der Waals surface area contributed by atoms with Gasteiger partial charge in [0.2, 0.25) is 11.8 Å². The fourth-order valence-corrected chi connectivity index (χ4v) is 5.13. The molecule has 0 unspecified atom stereocenters. The smallest absolute Gasteiger partial charge is 0.343 e. The molecule has 0 aliphatic heterocycles. The minimum absolute atomic E-state index is 0.0304. The zero-order valence-electron chi connectivity index (χ0n) is 19.7.